The quantitative estimate of drug-likeness (QED) is 0.578. The first-order valence-electron chi connectivity index (χ1n) is 4.80. The van der Waals surface area contributed by atoms with Crippen LogP contribution in [0.1, 0.15) is 19.8 Å². The van der Waals surface area contributed by atoms with Gasteiger partial charge in [0.25, 0.3) is 0 Å². The molecule has 0 aliphatic carbocycles. The van der Waals surface area contributed by atoms with Gasteiger partial charge < -0.3 is 16.2 Å². The highest BCUT2D eigenvalue weighted by molar-refractivity contribution is 7.98. The lowest BCUT2D eigenvalue weighted by Crippen LogP contribution is -2.48. The molecule has 0 aliphatic heterocycles. The number of hydrogen-bond donors (Lipinski definition) is 3. The van der Waals surface area contributed by atoms with Gasteiger partial charge in [0.15, 0.2) is 0 Å². The van der Waals surface area contributed by atoms with Crippen LogP contribution in [0.4, 0.5) is 0 Å². The summed E-state index contributed by atoms with van der Waals surface area (Å²) in [5.74, 6) is -0.717. The molecule has 0 aliphatic rings. The molecular weight excluding hydrogens is 216 g/mol. The molecule has 0 aromatic heterocycles. The predicted molar refractivity (Wildman–Crippen MR) is 60.8 cm³/mol. The van der Waals surface area contributed by atoms with Crippen LogP contribution in [0.2, 0.25) is 0 Å². The van der Waals surface area contributed by atoms with Gasteiger partial charge in [0, 0.05) is 0 Å². The normalized spacial score (nSPS) is 14.3. The molecule has 1 amide bonds. The van der Waals surface area contributed by atoms with Crippen molar-refractivity contribution < 1.29 is 14.7 Å². The number of carboxylic acid groups (broad SMARTS) is 1. The largest absolute Gasteiger partial charge is 0.480 e. The lowest BCUT2D eigenvalue weighted by molar-refractivity contribution is -0.142. The van der Waals surface area contributed by atoms with Crippen molar-refractivity contribution in [2.75, 3.05) is 12.0 Å². The highest BCUT2D eigenvalue weighted by atomic mass is 32.2. The van der Waals surface area contributed by atoms with Crippen LogP contribution in [-0.2, 0) is 9.59 Å². The van der Waals surface area contributed by atoms with Gasteiger partial charge in [0.1, 0.15) is 6.04 Å². The van der Waals surface area contributed by atoms with Crippen LogP contribution < -0.4 is 11.1 Å². The molecule has 0 rings (SSSR count). The van der Waals surface area contributed by atoms with E-state index in [9.17, 15) is 9.59 Å². The van der Waals surface area contributed by atoms with Gasteiger partial charge in [-0.05, 0) is 24.9 Å². The minimum Gasteiger partial charge on any atom is -0.480 e. The molecule has 0 heterocycles. The Kier molecular flexibility index (Phi) is 7.15. The number of carbonyl (C=O) groups is 2. The van der Waals surface area contributed by atoms with Crippen LogP contribution >= 0.6 is 11.8 Å². The van der Waals surface area contributed by atoms with E-state index in [1.54, 1.807) is 18.7 Å². The van der Waals surface area contributed by atoms with E-state index in [1.165, 1.54) is 0 Å². The van der Waals surface area contributed by atoms with Crippen LogP contribution in [0.15, 0.2) is 0 Å². The highest BCUT2D eigenvalue weighted by Crippen LogP contribution is 2.01. The summed E-state index contributed by atoms with van der Waals surface area (Å²) in [4.78, 5) is 22.1. The lowest BCUT2D eigenvalue weighted by Gasteiger charge is -2.16. The number of carboxylic acids is 1. The van der Waals surface area contributed by atoms with Crippen LogP contribution in [0, 0.1) is 0 Å². The summed E-state index contributed by atoms with van der Waals surface area (Å²) < 4.78 is 0. The number of aliphatic carboxylic acids is 1. The molecule has 0 aromatic rings. The fourth-order valence-corrected chi connectivity index (χ4v) is 1.43. The van der Waals surface area contributed by atoms with Gasteiger partial charge in [0.2, 0.25) is 5.91 Å². The Morgan fingerprint density at radius 3 is 2.53 bits per heavy atom. The van der Waals surface area contributed by atoms with Gasteiger partial charge in [-0.3, -0.25) is 4.79 Å². The average molecular weight is 234 g/mol. The van der Waals surface area contributed by atoms with Gasteiger partial charge in [-0.15, -0.1) is 0 Å². The molecular formula is C9H18N2O3S. The van der Waals surface area contributed by atoms with E-state index in [1.807, 2.05) is 6.26 Å². The third-order valence-corrected chi connectivity index (χ3v) is 2.65. The summed E-state index contributed by atoms with van der Waals surface area (Å²) in [6.45, 7) is 1.78. The van der Waals surface area contributed by atoms with Gasteiger partial charge in [-0.1, -0.05) is 6.92 Å². The molecule has 88 valence electrons. The minimum atomic E-state index is -1.01. The van der Waals surface area contributed by atoms with E-state index in [2.05, 4.69) is 5.32 Å². The number of amides is 1. The maximum absolute atomic E-state index is 11.3. The zero-order valence-corrected chi connectivity index (χ0v) is 9.84. The maximum Gasteiger partial charge on any atom is 0.326 e. The first kappa shape index (κ1) is 14.2. The summed E-state index contributed by atoms with van der Waals surface area (Å²) in [7, 11) is 0. The second-order valence-electron chi connectivity index (χ2n) is 3.20. The van der Waals surface area contributed by atoms with Crippen molar-refractivity contribution in [1.29, 1.82) is 0 Å². The predicted octanol–water partition coefficient (Wildman–Crippen LogP) is 0.0462. The summed E-state index contributed by atoms with van der Waals surface area (Å²) >= 11 is 1.54. The maximum atomic E-state index is 11.3. The highest BCUT2D eigenvalue weighted by Gasteiger charge is 2.21. The molecule has 15 heavy (non-hydrogen) atoms. The number of nitrogens with two attached hydrogens (primary N) is 1. The number of thioether (sulfide) groups is 1. The second kappa shape index (κ2) is 7.53. The van der Waals surface area contributed by atoms with Gasteiger partial charge in [-0.2, -0.15) is 11.8 Å². The van der Waals surface area contributed by atoms with E-state index in [0.29, 0.717) is 18.6 Å². The van der Waals surface area contributed by atoms with Crippen molar-refractivity contribution in [3.8, 4) is 0 Å². The summed E-state index contributed by atoms with van der Waals surface area (Å²) in [5, 5.41) is 11.3. The Bertz CT molecular complexity index is 223. The van der Waals surface area contributed by atoms with E-state index >= 15 is 0 Å². The number of rotatable bonds is 7. The van der Waals surface area contributed by atoms with Crippen LogP contribution in [0.25, 0.3) is 0 Å². The third kappa shape index (κ3) is 5.64. The Morgan fingerprint density at radius 1 is 1.53 bits per heavy atom. The zero-order valence-electron chi connectivity index (χ0n) is 9.03. The molecule has 1 unspecified atom stereocenters. The number of hydrogen-bond acceptors (Lipinski definition) is 4. The van der Waals surface area contributed by atoms with Gasteiger partial charge >= 0.3 is 5.97 Å². The van der Waals surface area contributed by atoms with Crippen LogP contribution in [0.3, 0.4) is 0 Å². The second-order valence-corrected chi connectivity index (χ2v) is 4.18. The Hall–Kier alpha value is -0.750. The molecule has 0 saturated carbocycles. The molecule has 0 spiro atoms. The Labute approximate surface area is 93.8 Å². The van der Waals surface area contributed by atoms with Crippen molar-refractivity contribution in [3.05, 3.63) is 0 Å². The van der Waals surface area contributed by atoms with E-state index < -0.39 is 24.0 Å². The van der Waals surface area contributed by atoms with Crippen molar-refractivity contribution in [2.24, 2.45) is 5.73 Å². The van der Waals surface area contributed by atoms with Crippen LogP contribution in [-0.4, -0.2) is 41.1 Å². The SMILES string of the molecule is CC[C@H](N)C(=O)NC(CCSC)C(=O)O. The fourth-order valence-electron chi connectivity index (χ4n) is 0.957. The monoisotopic (exact) mass is 234 g/mol. The van der Waals surface area contributed by atoms with E-state index in [-0.39, 0.29) is 0 Å². The topological polar surface area (TPSA) is 92.4 Å². The number of carbonyl (C=O) groups excluding carboxylic acids is 1. The molecule has 0 saturated heterocycles. The smallest absolute Gasteiger partial charge is 0.326 e. The summed E-state index contributed by atoms with van der Waals surface area (Å²) in [6.07, 6.45) is 2.80. The van der Waals surface area contributed by atoms with Crippen molar-refractivity contribution in [3.63, 3.8) is 0 Å². The fraction of sp³-hybridized carbons (Fsp3) is 0.778. The van der Waals surface area contributed by atoms with Crippen molar-refractivity contribution in [1.82, 2.24) is 5.32 Å². The molecule has 5 nitrogen and oxygen atoms in total. The molecule has 4 N–H and O–H groups in total. The Balaban J connectivity index is 4.16. The molecule has 0 bridgehead atoms. The number of nitrogens with one attached hydrogen (secondary N) is 1. The standard InChI is InChI=1S/C9H18N2O3S/c1-3-6(10)8(12)11-7(9(13)14)4-5-15-2/h6-7H,3-5,10H2,1-2H3,(H,11,12)(H,13,14)/t6-,7?/m0/s1. The van der Waals surface area contributed by atoms with Crippen molar-refractivity contribution in [2.45, 2.75) is 31.8 Å². The summed E-state index contributed by atoms with van der Waals surface area (Å²) in [5.41, 5.74) is 5.48. The third-order valence-electron chi connectivity index (χ3n) is 2.00. The molecule has 0 radical (unpaired) electrons. The van der Waals surface area contributed by atoms with Gasteiger partial charge in [0.05, 0.1) is 6.04 Å². The molecule has 6 heteroatoms. The summed E-state index contributed by atoms with van der Waals surface area (Å²) in [6, 6.07) is -1.45. The zero-order chi connectivity index (χ0) is 11.8. The van der Waals surface area contributed by atoms with Crippen molar-refractivity contribution >= 4 is 23.6 Å². The molecule has 0 aromatic carbocycles. The first-order valence-corrected chi connectivity index (χ1v) is 6.20. The minimum absolute atomic E-state index is 0.397. The van der Waals surface area contributed by atoms with E-state index in [0.717, 1.165) is 0 Å². The van der Waals surface area contributed by atoms with Crippen LogP contribution in [0.5, 0.6) is 0 Å². The molecule has 0 fully saturated rings. The lowest BCUT2D eigenvalue weighted by atomic mass is 10.2. The average Bonchev–Trinajstić information content (AvgIpc) is 2.22. The first-order chi connectivity index (χ1) is 7.02. The van der Waals surface area contributed by atoms with E-state index in [4.69, 9.17) is 10.8 Å². The Morgan fingerprint density at radius 2 is 2.13 bits per heavy atom. The molecule has 2 atom stereocenters. The van der Waals surface area contributed by atoms with Gasteiger partial charge in [-0.25, -0.2) is 4.79 Å².